The first-order valence-corrected chi connectivity index (χ1v) is 10.8. The van der Waals surface area contributed by atoms with E-state index in [1.807, 2.05) is 24.3 Å². The molecule has 7 heteroatoms. The van der Waals surface area contributed by atoms with Crippen molar-refractivity contribution < 1.29 is 17.9 Å². The second-order valence-electron chi connectivity index (χ2n) is 7.09. The van der Waals surface area contributed by atoms with E-state index in [0.717, 1.165) is 29.4 Å². The Morgan fingerprint density at radius 2 is 1.66 bits per heavy atom. The monoisotopic (exact) mass is 410 g/mol. The second kappa shape index (κ2) is 7.50. The molecular formula is C22H22N2O4S. The number of carbonyl (C=O) groups excluding carboxylic acids is 1. The highest BCUT2D eigenvalue weighted by Gasteiger charge is 2.35. The van der Waals surface area contributed by atoms with Crippen molar-refractivity contribution in [1.29, 1.82) is 0 Å². The molecule has 1 saturated carbocycles. The van der Waals surface area contributed by atoms with Gasteiger partial charge in [0.25, 0.3) is 5.91 Å². The van der Waals surface area contributed by atoms with Crippen molar-refractivity contribution in [3.63, 3.8) is 0 Å². The van der Waals surface area contributed by atoms with Crippen LogP contribution in [0, 0.1) is 0 Å². The summed E-state index contributed by atoms with van der Waals surface area (Å²) in [5, 5.41) is 4.67. The van der Waals surface area contributed by atoms with E-state index >= 15 is 0 Å². The van der Waals surface area contributed by atoms with Crippen molar-refractivity contribution in [1.82, 2.24) is 4.31 Å². The van der Waals surface area contributed by atoms with Gasteiger partial charge in [-0.1, -0.05) is 24.3 Å². The molecule has 0 aromatic heterocycles. The lowest BCUT2D eigenvalue weighted by molar-refractivity contribution is 0.102. The van der Waals surface area contributed by atoms with E-state index in [-0.39, 0.29) is 16.8 Å². The highest BCUT2D eigenvalue weighted by molar-refractivity contribution is 7.89. The number of nitrogens with one attached hydrogen (secondary N) is 1. The molecule has 1 amide bonds. The SMILES string of the molecule is COc1ccc(NC(=O)c2ccc(S(=O)(=O)N(C)C3CC3)cc2)c2ccccc12. The summed E-state index contributed by atoms with van der Waals surface area (Å²) < 4.78 is 32.0. The smallest absolute Gasteiger partial charge is 0.255 e. The van der Waals surface area contributed by atoms with Crippen LogP contribution in [-0.4, -0.2) is 38.8 Å². The quantitative estimate of drug-likeness (QED) is 0.669. The van der Waals surface area contributed by atoms with Gasteiger partial charge in [0.2, 0.25) is 10.0 Å². The summed E-state index contributed by atoms with van der Waals surface area (Å²) >= 11 is 0. The number of amides is 1. The average molecular weight is 410 g/mol. The summed E-state index contributed by atoms with van der Waals surface area (Å²) in [6.45, 7) is 0. The van der Waals surface area contributed by atoms with Gasteiger partial charge in [-0.2, -0.15) is 4.31 Å². The Morgan fingerprint density at radius 1 is 1.00 bits per heavy atom. The molecule has 29 heavy (non-hydrogen) atoms. The van der Waals surface area contributed by atoms with Crippen LogP contribution < -0.4 is 10.1 Å². The van der Waals surface area contributed by atoms with Gasteiger partial charge in [-0.15, -0.1) is 0 Å². The second-order valence-corrected chi connectivity index (χ2v) is 9.09. The van der Waals surface area contributed by atoms with Gasteiger partial charge in [0, 0.05) is 35.1 Å². The summed E-state index contributed by atoms with van der Waals surface area (Å²) in [4.78, 5) is 12.9. The highest BCUT2D eigenvalue weighted by atomic mass is 32.2. The molecule has 0 bridgehead atoms. The number of methoxy groups -OCH3 is 1. The van der Waals surface area contributed by atoms with Crippen molar-refractivity contribution in [2.75, 3.05) is 19.5 Å². The van der Waals surface area contributed by atoms with Gasteiger partial charge < -0.3 is 10.1 Å². The molecule has 1 fully saturated rings. The number of benzene rings is 3. The van der Waals surface area contributed by atoms with Crippen molar-refractivity contribution in [2.24, 2.45) is 0 Å². The Morgan fingerprint density at radius 3 is 2.28 bits per heavy atom. The first-order chi connectivity index (χ1) is 13.9. The molecule has 1 aliphatic carbocycles. The fourth-order valence-corrected chi connectivity index (χ4v) is 4.75. The van der Waals surface area contributed by atoms with E-state index < -0.39 is 10.0 Å². The maximum Gasteiger partial charge on any atom is 0.255 e. The van der Waals surface area contributed by atoms with Crippen LogP contribution in [0.5, 0.6) is 5.75 Å². The number of hydrogen-bond acceptors (Lipinski definition) is 4. The van der Waals surface area contributed by atoms with E-state index in [0.29, 0.717) is 11.3 Å². The molecule has 3 aromatic carbocycles. The average Bonchev–Trinajstić information content (AvgIpc) is 3.59. The minimum absolute atomic E-state index is 0.0892. The molecule has 0 aliphatic heterocycles. The van der Waals surface area contributed by atoms with Crippen LogP contribution in [0.4, 0.5) is 5.69 Å². The Kier molecular flexibility index (Phi) is 5.02. The van der Waals surface area contributed by atoms with Crippen LogP contribution in [0.2, 0.25) is 0 Å². The van der Waals surface area contributed by atoms with Crippen LogP contribution in [0.1, 0.15) is 23.2 Å². The summed E-state index contributed by atoms with van der Waals surface area (Å²) in [6, 6.07) is 17.4. The zero-order valence-corrected chi connectivity index (χ0v) is 17.1. The highest BCUT2D eigenvalue weighted by Crippen LogP contribution is 2.32. The van der Waals surface area contributed by atoms with Crippen LogP contribution >= 0.6 is 0 Å². The molecule has 6 nitrogen and oxygen atoms in total. The summed E-state index contributed by atoms with van der Waals surface area (Å²) in [5.41, 5.74) is 1.05. The van der Waals surface area contributed by atoms with Gasteiger partial charge in [-0.25, -0.2) is 8.42 Å². The number of rotatable bonds is 6. The Labute approximate surface area is 170 Å². The third-order valence-electron chi connectivity index (χ3n) is 5.21. The molecule has 3 aromatic rings. The number of anilines is 1. The van der Waals surface area contributed by atoms with E-state index in [9.17, 15) is 13.2 Å². The van der Waals surface area contributed by atoms with E-state index in [4.69, 9.17) is 4.74 Å². The molecule has 4 rings (SSSR count). The Balaban J connectivity index is 1.57. The predicted molar refractivity (Wildman–Crippen MR) is 113 cm³/mol. The molecule has 0 saturated heterocycles. The Bertz CT molecular complexity index is 1170. The fourth-order valence-electron chi connectivity index (χ4n) is 3.33. The summed E-state index contributed by atoms with van der Waals surface area (Å²) in [5.74, 6) is 0.424. The zero-order valence-electron chi connectivity index (χ0n) is 16.3. The van der Waals surface area contributed by atoms with E-state index in [1.165, 1.54) is 28.6 Å². The largest absolute Gasteiger partial charge is 0.496 e. The predicted octanol–water partition coefficient (Wildman–Crippen LogP) is 3.88. The topological polar surface area (TPSA) is 75.7 Å². The third-order valence-corrected chi connectivity index (χ3v) is 7.13. The van der Waals surface area contributed by atoms with E-state index in [2.05, 4.69) is 5.32 Å². The van der Waals surface area contributed by atoms with Gasteiger partial charge in [-0.05, 0) is 49.2 Å². The van der Waals surface area contributed by atoms with Crippen molar-refractivity contribution in [3.05, 3.63) is 66.2 Å². The number of ether oxygens (including phenoxy) is 1. The molecule has 1 N–H and O–H groups in total. The summed E-state index contributed by atoms with van der Waals surface area (Å²) in [7, 11) is -0.319. The minimum atomic E-state index is -3.53. The van der Waals surface area contributed by atoms with Crippen LogP contribution in [0.25, 0.3) is 10.8 Å². The van der Waals surface area contributed by atoms with Gasteiger partial charge in [0.05, 0.1) is 12.0 Å². The third kappa shape index (κ3) is 3.71. The van der Waals surface area contributed by atoms with Gasteiger partial charge in [-0.3, -0.25) is 4.79 Å². The first-order valence-electron chi connectivity index (χ1n) is 9.37. The van der Waals surface area contributed by atoms with Crippen molar-refractivity contribution >= 4 is 32.4 Å². The lowest BCUT2D eigenvalue weighted by Crippen LogP contribution is -2.29. The molecule has 150 valence electrons. The molecule has 1 aliphatic rings. The normalized spacial score (nSPS) is 14.2. The van der Waals surface area contributed by atoms with E-state index in [1.54, 1.807) is 26.3 Å². The lowest BCUT2D eigenvalue weighted by Gasteiger charge is -2.16. The van der Waals surface area contributed by atoms with Crippen molar-refractivity contribution in [3.8, 4) is 5.75 Å². The zero-order chi connectivity index (χ0) is 20.6. The van der Waals surface area contributed by atoms with Crippen LogP contribution in [0.15, 0.2) is 65.6 Å². The molecule has 0 unspecified atom stereocenters. The molecule has 0 heterocycles. The fraction of sp³-hybridized carbons (Fsp3) is 0.227. The summed E-state index contributed by atoms with van der Waals surface area (Å²) in [6.07, 6.45) is 1.79. The molecule has 0 atom stereocenters. The number of nitrogens with zero attached hydrogens (tertiary/aromatic N) is 1. The van der Waals surface area contributed by atoms with Gasteiger partial charge >= 0.3 is 0 Å². The maximum absolute atomic E-state index is 12.7. The van der Waals surface area contributed by atoms with Crippen LogP contribution in [-0.2, 0) is 10.0 Å². The maximum atomic E-state index is 12.7. The Hall–Kier alpha value is -2.90. The number of fused-ring (bicyclic) bond motifs is 1. The molecular weight excluding hydrogens is 388 g/mol. The lowest BCUT2D eigenvalue weighted by atomic mass is 10.1. The van der Waals surface area contributed by atoms with Crippen molar-refractivity contribution in [2.45, 2.75) is 23.8 Å². The van der Waals surface area contributed by atoms with Gasteiger partial charge in [0.15, 0.2) is 0 Å². The van der Waals surface area contributed by atoms with Crippen LogP contribution in [0.3, 0.4) is 0 Å². The van der Waals surface area contributed by atoms with Gasteiger partial charge in [0.1, 0.15) is 5.75 Å². The minimum Gasteiger partial charge on any atom is -0.496 e. The number of sulfonamides is 1. The molecule has 0 radical (unpaired) electrons. The standard InChI is InChI=1S/C22H22N2O4S/c1-24(16-9-10-16)29(26,27)17-11-7-15(8-12-17)22(25)23-20-13-14-21(28-2)19-6-4-3-5-18(19)20/h3-8,11-14,16H,9-10H2,1-2H3,(H,23,25). The number of hydrogen-bond donors (Lipinski definition) is 1. The first kappa shape index (κ1) is 19.4. The number of carbonyl (C=O) groups is 1. The molecule has 0 spiro atoms.